The van der Waals surface area contributed by atoms with E-state index in [1.54, 1.807) is 0 Å². The lowest BCUT2D eigenvalue weighted by Crippen LogP contribution is -2.04. The predicted octanol–water partition coefficient (Wildman–Crippen LogP) is 3.77. The van der Waals surface area contributed by atoms with Crippen LogP contribution in [0.25, 0.3) is 21.8 Å². The highest BCUT2D eigenvalue weighted by Gasteiger charge is 2.02. The van der Waals surface area contributed by atoms with Gasteiger partial charge in [0.25, 0.3) is 0 Å². The number of H-pyrrole nitrogens is 2. The molecular formula is C18H16N4. The zero-order valence-electron chi connectivity index (χ0n) is 12.0. The zero-order valence-corrected chi connectivity index (χ0v) is 12.0. The van der Waals surface area contributed by atoms with Crippen molar-refractivity contribution in [3.05, 3.63) is 72.1 Å². The molecule has 2 heterocycles. The summed E-state index contributed by atoms with van der Waals surface area (Å²) in [6, 6.07) is 16.5. The van der Waals surface area contributed by atoms with E-state index in [0.29, 0.717) is 6.54 Å². The summed E-state index contributed by atoms with van der Waals surface area (Å²) in [6.07, 6.45) is 5.86. The van der Waals surface area contributed by atoms with Gasteiger partial charge in [0.15, 0.2) is 0 Å². The molecule has 22 heavy (non-hydrogen) atoms. The van der Waals surface area contributed by atoms with Crippen molar-refractivity contribution in [3.63, 3.8) is 0 Å². The van der Waals surface area contributed by atoms with Gasteiger partial charge < -0.3 is 15.4 Å². The maximum absolute atomic E-state index is 4.34. The lowest BCUT2D eigenvalue weighted by Gasteiger charge is -1.98. The van der Waals surface area contributed by atoms with Gasteiger partial charge in [0, 0.05) is 39.8 Å². The Bertz CT molecular complexity index is 946. The summed E-state index contributed by atoms with van der Waals surface area (Å²) in [5, 5.41) is 6.75. The summed E-state index contributed by atoms with van der Waals surface area (Å²) in [6.45, 7) is 0.697. The molecule has 2 aromatic carbocycles. The monoisotopic (exact) mass is 288 g/mol. The maximum Gasteiger partial charge on any atom is 0.0601 e. The molecule has 108 valence electrons. The summed E-state index contributed by atoms with van der Waals surface area (Å²) in [4.78, 5) is 6.51. The van der Waals surface area contributed by atoms with Crippen molar-refractivity contribution >= 4 is 28.0 Å². The Morgan fingerprint density at radius 3 is 2.41 bits per heavy atom. The average molecular weight is 288 g/mol. The maximum atomic E-state index is 4.34. The molecular weight excluding hydrogens is 272 g/mol. The number of aromatic nitrogens is 2. The molecule has 0 aliphatic carbocycles. The molecule has 0 aliphatic heterocycles. The molecule has 0 unspecified atom stereocenters. The van der Waals surface area contributed by atoms with Gasteiger partial charge >= 0.3 is 0 Å². The molecule has 4 aromatic rings. The highest BCUT2D eigenvalue weighted by atomic mass is 15.3. The van der Waals surface area contributed by atoms with Crippen LogP contribution in [-0.2, 0) is 6.54 Å². The Balaban J connectivity index is 1.48. The number of aromatic amines is 2. The van der Waals surface area contributed by atoms with E-state index in [-0.39, 0.29) is 0 Å². The molecule has 0 saturated heterocycles. The number of fused-ring (bicyclic) bond motifs is 2. The number of hydrazone groups is 1. The van der Waals surface area contributed by atoms with Crippen molar-refractivity contribution in [2.24, 2.45) is 5.10 Å². The van der Waals surface area contributed by atoms with E-state index in [4.69, 9.17) is 0 Å². The van der Waals surface area contributed by atoms with Crippen molar-refractivity contribution in [2.45, 2.75) is 6.54 Å². The molecule has 0 atom stereocenters. The SMILES string of the molecule is C(=NNCc1c[nH]c2ccccc12)c1c[nH]c2ccccc12. The van der Waals surface area contributed by atoms with Crippen molar-refractivity contribution in [3.8, 4) is 0 Å². The second-order valence-electron chi connectivity index (χ2n) is 5.24. The molecule has 0 fully saturated rings. The summed E-state index contributed by atoms with van der Waals surface area (Å²) in [5.74, 6) is 0. The number of hydrogen-bond acceptors (Lipinski definition) is 2. The smallest absolute Gasteiger partial charge is 0.0601 e. The highest BCUT2D eigenvalue weighted by molar-refractivity contribution is 5.98. The minimum atomic E-state index is 0.697. The fourth-order valence-electron chi connectivity index (χ4n) is 2.72. The van der Waals surface area contributed by atoms with Gasteiger partial charge in [0.2, 0.25) is 0 Å². The molecule has 0 bridgehead atoms. The van der Waals surface area contributed by atoms with E-state index < -0.39 is 0 Å². The first kappa shape index (κ1) is 12.7. The second-order valence-corrected chi connectivity index (χ2v) is 5.24. The Morgan fingerprint density at radius 1 is 0.864 bits per heavy atom. The van der Waals surface area contributed by atoms with Crippen molar-refractivity contribution in [1.29, 1.82) is 0 Å². The Morgan fingerprint density at radius 2 is 1.55 bits per heavy atom. The Kier molecular flexibility index (Phi) is 3.12. The second kappa shape index (κ2) is 5.41. The molecule has 2 aromatic heterocycles. The van der Waals surface area contributed by atoms with Crippen LogP contribution in [0.2, 0.25) is 0 Å². The third-order valence-corrected chi connectivity index (χ3v) is 3.86. The van der Waals surface area contributed by atoms with Gasteiger partial charge in [0.1, 0.15) is 0 Å². The number of hydrogen-bond donors (Lipinski definition) is 3. The molecule has 3 N–H and O–H groups in total. The summed E-state index contributed by atoms with van der Waals surface area (Å²) < 4.78 is 0. The van der Waals surface area contributed by atoms with E-state index in [1.165, 1.54) is 16.3 Å². The molecule has 0 amide bonds. The third-order valence-electron chi connectivity index (χ3n) is 3.86. The van der Waals surface area contributed by atoms with Crippen LogP contribution in [0, 0.1) is 0 Å². The Hall–Kier alpha value is -3.01. The van der Waals surface area contributed by atoms with E-state index in [0.717, 1.165) is 16.6 Å². The fourth-order valence-corrected chi connectivity index (χ4v) is 2.72. The minimum Gasteiger partial charge on any atom is -0.361 e. The summed E-state index contributed by atoms with van der Waals surface area (Å²) >= 11 is 0. The minimum absolute atomic E-state index is 0.697. The predicted molar refractivity (Wildman–Crippen MR) is 91.0 cm³/mol. The average Bonchev–Trinajstić information content (AvgIpc) is 3.16. The first-order valence-corrected chi connectivity index (χ1v) is 7.29. The lowest BCUT2D eigenvalue weighted by molar-refractivity contribution is 0.752. The number of rotatable bonds is 4. The first-order chi connectivity index (χ1) is 10.9. The Labute approximate surface area is 127 Å². The molecule has 4 heteroatoms. The van der Waals surface area contributed by atoms with Gasteiger partial charge in [-0.2, -0.15) is 5.10 Å². The van der Waals surface area contributed by atoms with Crippen LogP contribution in [0.4, 0.5) is 0 Å². The van der Waals surface area contributed by atoms with Crippen LogP contribution < -0.4 is 5.43 Å². The largest absolute Gasteiger partial charge is 0.361 e. The number of benzene rings is 2. The van der Waals surface area contributed by atoms with Crippen molar-refractivity contribution < 1.29 is 0 Å². The van der Waals surface area contributed by atoms with Gasteiger partial charge in [-0.1, -0.05) is 36.4 Å². The topological polar surface area (TPSA) is 56.0 Å². The first-order valence-electron chi connectivity index (χ1n) is 7.29. The quantitative estimate of drug-likeness (QED) is 0.388. The standard InChI is InChI=1S/C18H16N4/c1-3-7-17-15(5-1)13(9-19-17)11-21-22-12-14-10-20-18-8-4-2-6-16(14)18/h1-11,19-20,22H,12H2. The molecule has 0 spiro atoms. The van der Waals surface area contributed by atoms with Crippen LogP contribution >= 0.6 is 0 Å². The van der Waals surface area contributed by atoms with Gasteiger partial charge in [0.05, 0.1) is 12.8 Å². The lowest BCUT2D eigenvalue weighted by atomic mass is 10.2. The van der Waals surface area contributed by atoms with E-state index in [2.05, 4.69) is 50.8 Å². The molecule has 0 radical (unpaired) electrons. The molecule has 0 saturated carbocycles. The zero-order chi connectivity index (χ0) is 14.8. The third kappa shape index (κ3) is 2.24. The highest BCUT2D eigenvalue weighted by Crippen LogP contribution is 2.17. The van der Waals surface area contributed by atoms with Crippen LogP contribution in [0.5, 0.6) is 0 Å². The normalized spacial score (nSPS) is 11.6. The molecule has 4 rings (SSSR count). The number of nitrogens with one attached hydrogen (secondary N) is 3. The summed E-state index contributed by atoms with van der Waals surface area (Å²) in [7, 11) is 0. The van der Waals surface area contributed by atoms with Gasteiger partial charge in [-0.25, -0.2) is 0 Å². The van der Waals surface area contributed by atoms with Crippen LogP contribution in [0.1, 0.15) is 11.1 Å². The van der Waals surface area contributed by atoms with Crippen LogP contribution in [0.15, 0.2) is 66.0 Å². The van der Waals surface area contributed by atoms with Gasteiger partial charge in [-0.3, -0.25) is 0 Å². The fraction of sp³-hybridized carbons (Fsp3) is 0.0556. The van der Waals surface area contributed by atoms with Crippen LogP contribution in [0.3, 0.4) is 0 Å². The van der Waals surface area contributed by atoms with Crippen molar-refractivity contribution in [2.75, 3.05) is 0 Å². The summed E-state index contributed by atoms with van der Waals surface area (Å²) in [5.41, 5.74) is 7.70. The van der Waals surface area contributed by atoms with E-state index >= 15 is 0 Å². The molecule has 0 aliphatic rings. The molecule has 4 nitrogen and oxygen atoms in total. The number of para-hydroxylation sites is 2. The van der Waals surface area contributed by atoms with Crippen LogP contribution in [-0.4, -0.2) is 16.2 Å². The van der Waals surface area contributed by atoms with Crippen molar-refractivity contribution in [1.82, 2.24) is 15.4 Å². The number of nitrogens with zero attached hydrogens (tertiary/aromatic N) is 1. The van der Waals surface area contributed by atoms with E-state index in [9.17, 15) is 0 Å². The van der Waals surface area contributed by atoms with Gasteiger partial charge in [-0.05, 0) is 17.7 Å². The van der Waals surface area contributed by atoms with Gasteiger partial charge in [-0.15, -0.1) is 0 Å². The van der Waals surface area contributed by atoms with E-state index in [1.807, 2.05) is 36.8 Å².